The van der Waals surface area contributed by atoms with Crippen molar-refractivity contribution in [2.24, 2.45) is 0 Å². The topological polar surface area (TPSA) is 58.6 Å². The van der Waals surface area contributed by atoms with Crippen LogP contribution in [-0.4, -0.2) is 29.4 Å². The summed E-state index contributed by atoms with van der Waals surface area (Å²) in [7, 11) is 0. The number of aliphatic carboxylic acids is 1. The highest BCUT2D eigenvalue weighted by molar-refractivity contribution is 5.66. The lowest BCUT2D eigenvalue weighted by atomic mass is 10.1. The van der Waals surface area contributed by atoms with Crippen LogP contribution in [0.3, 0.4) is 0 Å². The second kappa shape index (κ2) is 3.41. The molecule has 70 valence electrons. The number of carboxylic acids is 1. The van der Waals surface area contributed by atoms with E-state index < -0.39 is 5.97 Å². The largest absolute Gasteiger partial charge is 0.481 e. The lowest BCUT2D eigenvalue weighted by Gasteiger charge is -2.17. The van der Waals surface area contributed by atoms with E-state index in [0.717, 1.165) is 0 Å². The molecule has 0 spiro atoms. The Hall–Kier alpha value is -0.610. The van der Waals surface area contributed by atoms with Crippen LogP contribution in [0.2, 0.25) is 0 Å². The fourth-order valence-electron chi connectivity index (χ4n) is 1.34. The van der Waals surface area contributed by atoms with Gasteiger partial charge in [-0.1, -0.05) is 0 Å². The summed E-state index contributed by atoms with van der Waals surface area (Å²) in [6.07, 6.45) is 0.843. The van der Waals surface area contributed by atoms with E-state index in [4.69, 9.17) is 9.84 Å². The molecular formula is C8H15NO3. The van der Waals surface area contributed by atoms with Gasteiger partial charge in [-0.25, -0.2) is 0 Å². The van der Waals surface area contributed by atoms with Gasteiger partial charge < -0.3 is 9.84 Å². The van der Waals surface area contributed by atoms with Gasteiger partial charge in [0.2, 0.25) is 0 Å². The van der Waals surface area contributed by atoms with Crippen LogP contribution in [0.5, 0.6) is 0 Å². The predicted molar refractivity (Wildman–Crippen MR) is 43.8 cm³/mol. The molecule has 0 aromatic rings. The first-order valence-corrected chi connectivity index (χ1v) is 4.13. The number of nitrogens with one attached hydrogen (secondary N) is 1. The summed E-state index contributed by atoms with van der Waals surface area (Å²) in [5.41, 5.74) is -0.289. The van der Waals surface area contributed by atoms with Crippen LogP contribution in [0.15, 0.2) is 0 Å². The van der Waals surface area contributed by atoms with Gasteiger partial charge in [0.25, 0.3) is 0 Å². The molecular weight excluding hydrogens is 158 g/mol. The number of carbonyl (C=O) groups is 1. The molecule has 4 nitrogen and oxygen atoms in total. The molecule has 0 bridgehead atoms. The minimum atomic E-state index is -0.749. The Morgan fingerprint density at radius 2 is 2.42 bits per heavy atom. The van der Waals surface area contributed by atoms with E-state index in [-0.39, 0.29) is 18.2 Å². The van der Waals surface area contributed by atoms with Crippen molar-refractivity contribution in [3.05, 3.63) is 0 Å². The average Bonchev–Trinajstić information content (AvgIpc) is 2.26. The summed E-state index contributed by atoms with van der Waals surface area (Å²) in [4.78, 5) is 10.2. The zero-order valence-electron chi connectivity index (χ0n) is 7.46. The molecule has 1 saturated heterocycles. The number of hydrogen-bond acceptors (Lipinski definition) is 3. The third-order valence-corrected chi connectivity index (χ3v) is 1.90. The first-order valence-electron chi connectivity index (χ1n) is 4.13. The Labute approximate surface area is 71.9 Å². The first kappa shape index (κ1) is 9.48. The fraction of sp³-hybridized carbons (Fsp3) is 0.875. The van der Waals surface area contributed by atoms with Crippen LogP contribution >= 0.6 is 0 Å². The Morgan fingerprint density at radius 1 is 1.75 bits per heavy atom. The summed E-state index contributed by atoms with van der Waals surface area (Å²) < 4.78 is 5.38. The number of rotatable bonds is 3. The molecule has 1 aliphatic rings. The van der Waals surface area contributed by atoms with Crippen molar-refractivity contribution in [2.75, 3.05) is 6.61 Å². The van der Waals surface area contributed by atoms with Crippen LogP contribution in [0, 0.1) is 0 Å². The maximum Gasteiger partial charge on any atom is 0.303 e. The second-order valence-corrected chi connectivity index (χ2v) is 3.59. The van der Waals surface area contributed by atoms with Gasteiger partial charge in [-0.15, -0.1) is 0 Å². The van der Waals surface area contributed by atoms with Crippen molar-refractivity contribution >= 4 is 5.97 Å². The number of hydrogen-bond donors (Lipinski definition) is 2. The number of carboxylic acid groups (broad SMARTS) is 1. The Bertz CT molecular complexity index is 179. The van der Waals surface area contributed by atoms with Crippen LogP contribution < -0.4 is 5.32 Å². The molecule has 0 saturated carbocycles. The van der Waals surface area contributed by atoms with E-state index in [2.05, 4.69) is 5.32 Å². The molecule has 1 aliphatic heterocycles. The van der Waals surface area contributed by atoms with Crippen LogP contribution in [-0.2, 0) is 9.53 Å². The molecule has 0 radical (unpaired) electrons. The van der Waals surface area contributed by atoms with Crippen molar-refractivity contribution in [1.29, 1.82) is 0 Å². The third kappa shape index (κ3) is 2.79. The molecule has 1 heterocycles. The van der Waals surface area contributed by atoms with Crippen LogP contribution in [0.1, 0.15) is 26.7 Å². The van der Waals surface area contributed by atoms with E-state index in [0.29, 0.717) is 13.0 Å². The molecule has 0 aromatic carbocycles. The highest BCUT2D eigenvalue weighted by Gasteiger charge is 2.30. The molecule has 1 unspecified atom stereocenters. The van der Waals surface area contributed by atoms with Crippen molar-refractivity contribution in [2.45, 2.75) is 38.5 Å². The van der Waals surface area contributed by atoms with E-state index >= 15 is 0 Å². The van der Waals surface area contributed by atoms with Gasteiger partial charge >= 0.3 is 5.97 Å². The minimum absolute atomic E-state index is 0.191. The van der Waals surface area contributed by atoms with E-state index in [9.17, 15) is 4.79 Å². The van der Waals surface area contributed by atoms with E-state index in [1.165, 1.54) is 0 Å². The average molecular weight is 173 g/mol. The SMILES string of the molecule is CC1(C)NC(CCC(=O)O)CO1. The van der Waals surface area contributed by atoms with Crippen molar-refractivity contribution < 1.29 is 14.6 Å². The Kier molecular flexibility index (Phi) is 2.69. The van der Waals surface area contributed by atoms with Gasteiger partial charge in [0.05, 0.1) is 6.61 Å². The molecule has 0 amide bonds. The monoisotopic (exact) mass is 173 g/mol. The fourth-order valence-corrected chi connectivity index (χ4v) is 1.34. The van der Waals surface area contributed by atoms with Crippen molar-refractivity contribution in [3.8, 4) is 0 Å². The first-order chi connectivity index (χ1) is 5.49. The molecule has 2 N–H and O–H groups in total. The van der Waals surface area contributed by atoms with E-state index in [1.807, 2.05) is 13.8 Å². The summed E-state index contributed by atoms with van der Waals surface area (Å²) in [6, 6.07) is 0.191. The Morgan fingerprint density at radius 3 is 2.83 bits per heavy atom. The zero-order chi connectivity index (χ0) is 9.19. The molecule has 1 fully saturated rings. The third-order valence-electron chi connectivity index (χ3n) is 1.90. The van der Waals surface area contributed by atoms with Crippen molar-refractivity contribution in [1.82, 2.24) is 5.32 Å². The smallest absolute Gasteiger partial charge is 0.303 e. The van der Waals surface area contributed by atoms with E-state index in [1.54, 1.807) is 0 Å². The standard InChI is InChI=1S/C8H15NO3/c1-8(2)9-6(5-12-8)3-4-7(10)11/h6,9H,3-5H2,1-2H3,(H,10,11). The molecule has 1 atom stereocenters. The molecule has 12 heavy (non-hydrogen) atoms. The molecule has 1 rings (SSSR count). The quantitative estimate of drug-likeness (QED) is 0.655. The zero-order valence-corrected chi connectivity index (χ0v) is 7.46. The van der Waals surface area contributed by atoms with Gasteiger partial charge in [-0.05, 0) is 20.3 Å². The molecule has 0 aromatic heterocycles. The van der Waals surface area contributed by atoms with Gasteiger partial charge in [0.1, 0.15) is 5.72 Å². The highest BCUT2D eigenvalue weighted by Crippen LogP contribution is 2.16. The van der Waals surface area contributed by atoms with Crippen molar-refractivity contribution in [3.63, 3.8) is 0 Å². The lowest BCUT2D eigenvalue weighted by molar-refractivity contribution is -0.137. The van der Waals surface area contributed by atoms with Gasteiger partial charge in [0, 0.05) is 12.5 Å². The maximum atomic E-state index is 10.2. The number of ether oxygens (including phenoxy) is 1. The normalized spacial score (nSPS) is 27.3. The van der Waals surface area contributed by atoms with Gasteiger partial charge in [0.15, 0.2) is 0 Å². The summed E-state index contributed by atoms with van der Waals surface area (Å²) in [6.45, 7) is 4.49. The minimum Gasteiger partial charge on any atom is -0.481 e. The molecule has 4 heteroatoms. The summed E-state index contributed by atoms with van der Waals surface area (Å²) in [5, 5.41) is 11.6. The second-order valence-electron chi connectivity index (χ2n) is 3.59. The van der Waals surface area contributed by atoms with Crippen LogP contribution in [0.25, 0.3) is 0 Å². The predicted octanol–water partition coefficient (Wildman–Crippen LogP) is 0.576. The van der Waals surface area contributed by atoms with Gasteiger partial charge in [-0.2, -0.15) is 0 Å². The van der Waals surface area contributed by atoms with Crippen LogP contribution in [0.4, 0.5) is 0 Å². The molecule has 0 aliphatic carbocycles. The summed E-state index contributed by atoms with van der Waals surface area (Å²) in [5.74, 6) is -0.749. The van der Waals surface area contributed by atoms with Gasteiger partial charge in [-0.3, -0.25) is 10.1 Å². The lowest BCUT2D eigenvalue weighted by Crippen LogP contribution is -2.38. The highest BCUT2D eigenvalue weighted by atomic mass is 16.5. The summed E-state index contributed by atoms with van der Waals surface area (Å²) >= 11 is 0. The Balaban J connectivity index is 2.24. The maximum absolute atomic E-state index is 10.2.